The summed E-state index contributed by atoms with van der Waals surface area (Å²) in [5.74, 6) is 1.66. The Bertz CT molecular complexity index is 1010. The van der Waals surface area contributed by atoms with E-state index >= 15 is 0 Å². The number of hydrogen-bond acceptors (Lipinski definition) is 4. The molecule has 1 saturated heterocycles. The number of imidazole rings is 1. The van der Waals surface area contributed by atoms with E-state index in [9.17, 15) is 4.79 Å². The Morgan fingerprint density at radius 2 is 2.07 bits per heavy atom. The summed E-state index contributed by atoms with van der Waals surface area (Å²) in [6, 6.07) is 8.31. The van der Waals surface area contributed by atoms with Crippen LogP contribution in [0.1, 0.15) is 49.0 Å². The van der Waals surface area contributed by atoms with Gasteiger partial charge in [0.25, 0.3) is 5.91 Å². The number of carbonyl (C=O) groups is 1. The van der Waals surface area contributed by atoms with Crippen molar-refractivity contribution in [2.75, 3.05) is 13.7 Å². The maximum absolute atomic E-state index is 13.4. The maximum atomic E-state index is 13.4. The predicted octanol–water partition coefficient (Wildman–Crippen LogP) is 4.87. The van der Waals surface area contributed by atoms with Crippen molar-refractivity contribution < 1.29 is 9.53 Å². The van der Waals surface area contributed by atoms with Gasteiger partial charge in [0, 0.05) is 29.7 Å². The number of nitrogens with zero attached hydrogens (tertiary/aromatic N) is 3. The lowest BCUT2D eigenvalue weighted by Gasteiger charge is -2.44. The maximum Gasteiger partial charge on any atom is 0.272 e. The quantitative estimate of drug-likeness (QED) is 0.636. The fraction of sp³-hybridized carbons (Fsp3) is 0.455. The second-order valence-corrected chi connectivity index (χ2v) is 8.72. The molecular formula is C22H25N3O2S. The van der Waals surface area contributed by atoms with Gasteiger partial charge < -0.3 is 9.64 Å². The van der Waals surface area contributed by atoms with E-state index in [4.69, 9.17) is 9.72 Å². The molecule has 5 rings (SSSR count). The third-order valence-corrected chi connectivity index (χ3v) is 7.14. The summed E-state index contributed by atoms with van der Waals surface area (Å²) in [5.41, 5.74) is 2.61. The molecule has 1 aliphatic heterocycles. The molecule has 2 unspecified atom stereocenters. The van der Waals surface area contributed by atoms with Crippen LogP contribution in [0, 0.1) is 5.92 Å². The molecule has 0 spiro atoms. The summed E-state index contributed by atoms with van der Waals surface area (Å²) in [6.45, 7) is 0.884. The minimum Gasteiger partial charge on any atom is -0.497 e. The van der Waals surface area contributed by atoms with Gasteiger partial charge in [-0.15, -0.1) is 11.3 Å². The molecule has 2 aromatic heterocycles. The average molecular weight is 396 g/mol. The van der Waals surface area contributed by atoms with Crippen LogP contribution in [-0.4, -0.2) is 39.9 Å². The highest BCUT2D eigenvalue weighted by atomic mass is 32.1. The number of likely N-dealkylation sites (tertiary alicyclic amines) is 1. The van der Waals surface area contributed by atoms with Crippen LogP contribution < -0.4 is 4.74 Å². The number of aromatic nitrogens is 2. The van der Waals surface area contributed by atoms with Crippen molar-refractivity contribution in [3.63, 3.8) is 0 Å². The van der Waals surface area contributed by atoms with Gasteiger partial charge in [-0.25, -0.2) is 4.98 Å². The molecule has 1 aliphatic carbocycles. The van der Waals surface area contributed by atoms with Gasteiger partial charge in [0.15, 0.2) is 4.96 Å². The van der Waals surface area contributed by atoms with E-state index < -0.39 is 0 Å². The zero-order valence-electron chi connectivity index (χ0n) is 16.1. The number of ether oxygens (including phenoxy) is 1. The molecule has 2 atom stereocenters. The predicted molar refractivity (Wildman–Crippen MR) is 111 cm³/mol. The van der Waals surface area contributed by atoms with Gasteiger partial charge in [0.05, 0.1) is 12.8 Å². The standard InChI is InChI=1S/C22H25N3O2S/c1-27-17-9-4-7-16(12-17)18-13-25-20(14-28-22(25)23-18)21(26)24-11-5-8-15-6-2-3-10-19(15)24/h4,7,9,12-15,19H,2-3,5-6,8,10-11H2,1H3. The van der Waals surface area contributed by atoms with Crippen LogP contribution in [0.25, 0.3) is 16.2 Å². The molecule has 0 radical (unpaired) electrons. The number of thiazole rings is 1. The lowest BCUT2D eigenvalue weighted by Crippen LogP contribution is -2.49. The Morgan fingerprint density at radius 3 is 2.96 bits per heavy atom. The van der Waals surface area contributed by atoms with E-state index in [1.54, 1.807) is 7.11 Å². The van der Waals surface area contributed by atoms with Crippen molar-refractivity contribution in [1.29, 1.82) is 0 Å². The first kappa shape index (κ1) is 17.7. The summed E-state index contributed by atoms with van der Waals surface area (Å²) in [4.78, 5) is 21.2. The number of piperidine rings is 1. The van der Waals surface area contributed by atoms with Gasteiger partial charge in [-0.3, -0.25) is 9.20 Å². The van der Waals surface area contributed by atoms with Crippen molar-refractivity contribution in [2.24, 2.45) is 5.92 Å². The number of fused-ring (bicyclic) bond motifs is 2. The van der Waals surface area contributed by atoms with Crippen molar-refractivity contribution in [1.82, 2.24) is 14.3 Å². The summed E-state index contributed by atoms with van der Waals surface area (Å²) in [6.07, 6.45) is 9.38. The molecule has 2 fully saturated rings. The minimum atomic E-state index is 0.164. The first-order valence-corrected chi connectivity index (χ1v) is 11.0. The summed E-state index contributed by atoms with van der Waals surface area (Å²) >= 11 is 1.53. The molecule has 1 amide bonds. The van der Waals surface area contributed by atoms with Crippen molar-refractivity contribution >= 4 is 22.2 Å². The highest BCUT2D eigenvalue weighted by molar-refractivity contribution is 7.15. The van der Waals surface area contributed by atoms with Crippen LogP contribution in [0.5, 0.6) is 5.75 Å². The van der Waals surface area contributed by atoms with Gasteiger partial charge in [0.1, 0.15) is 11.4 Å². The summed E-state index contributed by atoms with van der Waals surface area (Å²) in [5, 5.41) is 1.96. The molecule has 2 aliphatic rings. The first-order valence-electron chi connectivity index (χ1n) is 10.2. The van der Waals surface area contributed by atoms with Crippen LogP contribution in [0.3, 0.4) is 0 Å². The number of rotatable bonds is 3. The van der Waals surface area contributed by atoms with Crippen LogP contribution in [0.15, 0.2) is 35.8 Å². The van der Waals surface area contributed by atoms with Gasteiger partial charge in [-0.1, -0.05) is 25.0 Å². The molecule has 146 valence electrons. The molecule has 1 aromatic carbocycles. The Hall–Kier alpha value is -2.34. The molecule has 3 heterocycles. The number of amides is 1. The highest BCUT2D eigenvalue weighted by Crippen LogP contribution is 2.36. The van der Waals surface area contributed by atoms with Gasteiger partial charge >= 0.3 is 0 Å². The van der Waals surface area contributed by atoms with Gasteiger partial charge in [-0.05, 0) is 43.7 Å². The van der Waals surface area contributed by atoms with Crippen LogP contribution >= 0.6 is 11.3 Å². The minimum absolute atomic E-state index is 0.164. The summed E-state index contributed by atoms with van der Waals surface area (Å²) in [7, 11) is 1.67. The zero-order chi connectivity index (χ0) is 19.1. The van der Waals surface area contributed by atoms with Crippen molar-refractivity contribution in [2.45, 2.75) is 44.6 Å². The monoisotopic (exact) mass is 395 g/mol. The molecule has 1 saturated carbocycles. The largest absolute Gasteiger partial charge is 0.497 e. The van der Waals surface area contributed by atoms with Crippen LogP contribution in [0.2, 0.25) is 0 Å². The third kappa shape index (κ3) is 3.00. The Balaban J connectivity index is 1.47. The highest BCUT2D eigenvalue weighted by Gasteiger charge is 2.36. The fourth-order valence-electron chi connectivity index (χ4n) is 4.88. The third-order valence-electron chi connectivity index (χ3n) is 6.30. The van der Waals surface area contributed by atoms with Gasteiger partial charge in [-0.2, -0.15) is 0 Å². The second-order valence-electron chi connectivity index (χ2n) is 7.88. The molecule has 6 heteroatoms. The van der Waals surface area contributed by atoms with Crippen LogP contribution in [-0.2, 0) is 0 Å². The number of carbonyl (C=O) groups excluding carboxylic acids is 1. The second kappa shape index (κ2) is 7.24. The number of hydrogen-bond donors (Lipinski definition) is 0. The molecule has 3 aromatic rings. The fourth-order valence-corrected chi connectivity index (χ4v) is 5.73. The van der Waals surface area contributed by atoms with E-state index in [0.29, 0.717) is 12.0 Å². The summed E-state index contributed by atoms with van der Waals surface area (Å²) < 4.78 is 7.30. The molecule has 28 heavy (non-hydrogen) atoms. The topological polar surface area (TPSA) is 46.8 Å². The molecule has 5 nitrogen and oxygen atoms in total. The van der Waals surface area contributed by atoms with E-state index in [0.717, 1.165) is 47.0 Å². The van der Waals surface area contributed by atoms with E-state index in [-0.39, 0.29) is 5.91 Å². The van der Waals surface area contributed by atoms with E-state index in [1.165, 1.54) is 37.0 Å². The van der Waals surface area contributed by atoms with Crippen molar-refractivity contribution in [3.05, 3.63) is 41.5 Å². The Labute approximate surface area is 169 Å². The lowest BCUT2D eigenvalue weighted by molar-refractivity contribution is 0.0384. The number of benzene rings is 1. The van der Waals surface area contributed by atoms with Crippen LogP contribution in [0.4, 0.5) is 0 Å². The number of methoxy groups -OCH3 is 1. The lowest BCUT2D eigenvalue weighted by atomic mass is 9.78. The Morgan fingerprint density at radius 1 is 1.21 bits per heavy atom. The Kier molecular flexibility index (Phi) is 4.59. The average Bonchev–Trinajstić information content (AvgIpc) is 3.34. The SMILES string of the molecule is COc1cccc(-c2cn3c(C(=O)N4CCCC5CCCCC54)csc3n2)c1. The molecule has 0 bridgehead atoms. The van der Waals surface area contributed by atoms with E-state index in [2.05, 4.69) is 4.90 Å². The normalized spacial score (nSPS) is 22.2. The van der Waals surface area contributed by atoms with E-state index in [1.807, 2.05) is 40.2 Å². The molecule has 0 N–H and O–H groups in total. The first-order chi connectivity index (χ1) is 13.7. The zero-order valence-corrected chi connectivity index (χ0v) is 17.0. The van der Waals surface area contributed by atoms with Gasteiger partial charge in [0.2, 0.25) is 0 Å². The molecular weight excluding hydrogens is 370 g/mol. The smallest absolute Gasteiger partial charge is 0.272 e. The van der Waals surface area contributed by atoms with Crippen molar-refractivity contribution in [3.8, 4) is 17.0 Å².